The van der Waals surface area contributed by atoms with Gasteiger partial charge in [0.2, 0.25) is 0 Å². The Kier molecular flexibility index (Phi) is 7.86. The van der Waals surface area contributed by atoms with Crippen LogP contribution in [0.15, 0.2) is 42.5 Å². The average Bonchev–Trinajstić information content (AvgIpc) is 2.74. The number of non-ortho nitro benzene ring substituents is 1. The van der Waals surface area contributed by atoms with Crippen molar-refractivity contribution in [1.29, 1.82) is 0 Å². The Morgan fingerprint density at radius 3 is 2.33 bits per heavy atom. The van der Waals surface area contributed by atoms with E-state index in [-0.39, 0.29) is 35.0 Å². The third-order valence-corrected chi connectivity index (χ3v) is 3.98. The van der Waals surface area contributed by atoms with Crippen molar-refractivity contribution in [2.24, 2.45) is 0 Å². The van der Waals surface area contributed by atoms with Gasteiger partial charge in [0.15, 0.2) is 0 Å². The number of unbranched alkanes of at least 4 members (excludes halogenated alkanes) is 1. The molecule has 2 amide bonds. The number of methoxy groups -OCH3 is 1. The van der Waals surface area contributed by atoms with Gasteiger partial charge in [-0.25, -0.2) is 4.79 Å². The van der Waals surface area contributed by atoms with Gasteiger partial charge >= 0.3 is 17.8 Å². The Hall–Kier alpha value is -3.95. The number of carbonyl (C=O) groups excluding carboxylic acids is 3. The smallest absolute Gasteiger partial charge is 0.340 e. The number of esters is 1. The number of nitro groups is 1. The number of ether oxygens (including phenoxy) is 2. The van der Waals surface area contributed by atoms with Crippen molar-refractivity contribution in [3.05, 3.63) is 58.1 Å². The van der Waals surface area contributed by atoms with Crippen LogP contribution in [0.4, 0.5) is 17.1 Å². The second-order valence-corrected chi connectivity index (χ2v) is 6.09. The fourth-order valence-corrected chi connectivity index (χ4v) is 2.41. The molecule has 158 valence electrons. The topological polar surface area (TPSA) is 137 Å². The lowest BCUT2D eigenvalue weighted by molar-refractivity contribution is -0.384. The largest absolute Gasteiger partial charge is 0.494 e. The number of amides is 2. The van der Waals surface area contributed by atoms with Crippen LogP contribution >= 0.6 is 0 Å². The van der Waals surface area contributed by atoms with Crippen molar-refractivity contribution in [3.63, 3.8) is 0 Å². The molecule has 0 heterocycles. The molecule has 0 saturated carbocycles. The molecular formula is C20H21N3O7. The number of nitrogens with one attached hydrogen (secondary N) is 2. The quantitative estimate of drug-likeness (QED) is 0.222. The highest BCUT2D eigenvalue weighted by molar-refractivity contribution is 6.44. The normalized spacial score (nSPS) is 10.1. The van der Waals surface area contributed by atoms with Gasteiger partial charge in [0, 0.05) is 6.07 Å². The molecule has 30 heavy (non-hydrogen) atoms. The van der Waals surface area contributed by atoms with E-state index in [1.54, 1.807) is 12.1 Å². The summed E-state index contributed by atoms with van der Waals surface area (Å²) < 4.78 is 10.2. The summed E-state index contributed by atoms with van der Waals surface area (Å²) in [6.07, 6.45) is 1.57. The van der Waals surface area contributed by atoms with Crippen LogP contribution in [0.2, 0.25) is 0 Å². The first-order valence-electron chi connectivity index (χ1n) is 9.08. The van der Waals surface area contributed by atoms with Crippen LogP contribution in [0.5, 0.6) is 5.75 Å². The van der Waals surface area contributed by atoms with Gasteiger partial charge in [-0.3, -0.25) is 19.7 Å². The molecule has 2 rings (SSSR count). The molecule has 0 spiro atoms. The van der Waals surface area contributed by atoms with Gasteiger partial charge in [0.1, 0.15) is 5.75 Å². The molecule has 2 N–H and O–H groups in total. The molecule has 0 unspecified atom stereocenters. The number of hydrogen-bond acceptors (Lipinski definition) is 7. The van der Waals surface area contributed by atoms with Crippen LogP contribution in [-0.4, -0.2) is 36.4 Å². The van der Waals surface area contributed by atoms with Crippen molar-refractivity contribution in [2.75, 3.05) is 24.4 Å². The van der Waals surface area contributed by atoms with Crippen LogP contribution in [0.3, 0.4) is 0 Å². The minimum Gasteiger partial charge on any atom is -0.494 e. The summed E-state index contributed by atoms with van der Waals surface area (Å²) in [4.78, 5) is 47.0. The maximum absolute atomic E-state index is 12.3. The molecule has 0 aromatic heterocycles. The summed E-state index contributed by atoms with van der Waals surface area (Å²) in [6.45, 7) is 2.21. The zero-order valence-corrected chi connectivity index (χ0v) is 16.5. The third kappa shape index (κ3) is 5.77. The zero-order chi connectivity index (χ0) is 22.1. The molecule has 10 nitrogen and oxygen atoms in total. The molecule has 0 saturated heterocycles. The van der Waals surface area contributed by atoms with Gasteiger partial charge in [-0.1, -0.05) is 25.5 Å². The molecular weight excluding hydrogens is 394 g/mol. The number of hydrogen-bond donors (Lipinski definition) is 2. The van der Waals surface area contributed by atoms with Gasteiger partial charge in [0.25, 0.3) is 5.69 Å². The molecule has 0 bridgehead atoms. The highest BCUT2D eigenvalue weighted by Gasteiger charge is 2.21. The maximum Gasteiger partial charge on any atom is 0.340 e. The van der Waals surface area contributed by atoms with Gasteiger partial charge in [-0.2, -0.15) is 0 Å². The second-order valence-electron chi connectivity index (χ2n) is 6.09. The maximum atomic E-state index is 12.3. The Morgan fingerprint density at radius 2 is 1.70 bits per heavy atom. The third-order valence-electron chi connectivity index (χ3n) is 3.98. The lowest BCUT2D eigenvalue weighted by atomic mass is 10.1. The molecule has 0 aliphatic heterocycles. The molecule has 2 aromatic carbocycles. The summed E-state index contributed by atoms with van der Waals surface area (Å²) in [5.74, 6) is -2.68. The van der Waals surface area contributed by atoms with Crippen LogP contribution in [0.25, 0.3) is 0 Å². The monoisotopic (exact) mass is 415 g/mol. The lowest BCUT2D eigenvalue weighted by Gasteiger charge is -2.12. The van der Waals surface area contributed by atoms with Crippen molar-refractivity contribution >= 4 is 34.8 Å². The number of anilines is 2. The minimum absolute atomic E-state index is 0.0188. The first-order valence-corrected chi connectivity index (χ1v) is 9.08. The summed E-state index contributed by atoms with van der Waals surface area (Å²) in [5.41, 5.74) is 0.0813. The molecule has 0 atom stereocenters. The number of nitro benzene ring substituents is 1. The van der Waals surface area contributed by atoms with E-state index in [9.17, 15) is 24.5 Å². The summed E-state index contributed by atoms with van der Waals surface area (Å²) in [5, 5.41) is 15.5. The Bertz CT molecular complexity index is 959. The first-order chi connectivity index (χ1) is 14.4. The summed E-state index contributed by atoms with van der Waals surface area (Å²) >= 11 is 0. The fraction of sp³-hybridized carbons (Fsp3) is 0.250. The molecule has 0 fully saturated rings. The van der Waals surface area contributed by atoms with Crippen LogP contribution < -0.4 is 15.4 Å². The van der Waals surface area contributed by atoms with E-state index in [0.29, 0.717) is 6.42 Å². The number of benzene rings is 2. The number of rotatable bonds is 8. The minimum atomic E-state index is -1.05. The molecule has 2 aromatic rings. The highest BCUT2D eigenvalue weighted by atomic mass is 16.6. The zero-order valence-electron chi connectivity index (χ0n) is 16.5. The van der Waals surface area contributed by atoms with Crippen molar-refractivity contribution < 1.29 is 28.8 Å². The number of carbonyl (C=O) groups is 3. The molecule has 0 aliphatic carbocycles. The van der Waals surface area contributed by atoms with Gasteiger partial charge in [-0.15, -0.1) is 0 Å². The lowest BCUT2D eigenvalue weighted by Crippen LogP contribution is -2.30. The number of nitrogens with zero attached hydrogens (tertiary/aromatic N) is 1. The Balaban J connectivity index is 2.11. The average molecular weight is 415 g/mol. The van der Waals surface area contributed by atoms with E-state index in [1.807, 2.05) is 6.92 Å². The van der Waals surface area contributed by atoms with Gasteiger partial charge in [0.05, 0.1) is 41.6 Å². The fourth-order valence-electron chi connectivity index (χ4n) is 2.41. The van der Waals surface area contributed by atoms with Crippen LogP contribution in [0.1, 0.15) is 30.1 Å². The molecule has 10 heteroatoms. The Labute approximate surface area is 172 Å². The SMILES string of the molecule is CCCCOC(=O)c1ccccc1NC(=O)C(=O)Nc1ccc([N+](=O)[O-])cc1OC. The van der Waals surface area contributed by atoms with Crippen LogP contribution in [-0.2, 0) is 14.3 Å². The van der Waals surface area contributed by atoms with E-state index in [1.165, 1.54) is 25.3 Å². The summed E-state index contributed by atoms with van der Waals surface area (Å²) in [6, 6.07) is 9.67. The van der Waals surface area contributed by atoms with Crippen molar-refractivity contribution in [2.45, 2.75) is 19.8 Å². The van der Waals surface area contributed by atoms with E-state index in [4.69, 9.17) is 9.47 Å². The summed E-state index contributed by atoms with van der Waals surface area (Å²) in [7, 11) is 1.27. The number of para-hydroxylation sites is 1. The van der Waals surface area contributed by atoms with Crippen LogP contribution in [0, 0.1) is 10.1 Å². The van der Waals surface area contributed by atoms with Crippen molar-refractivity contribution in [1.82, 2.24) is 0 Å². The van der Waals surface area contributed by atoms with Gasteiger partial charge < -0.3 is 20.1 Å². The first kappa shape index (κ1) is 22.3. The van der Waals surface area contributed by atoms with Gasteiger partial charge in [-0.05, 0) is 24.6 Å². The Morgan fingerprint density at radius 1 is 1.03 bits per heavy atom. The highest BCUT2D eigenvalue weighted by Crippen LogP contribution is 2.29. The van der Waals surface area contributed by atoms with Crippen molar-refractivity contribution in [3.8, 4) is 5.75 Å². The second kappa shape index (κ2) is 10.6. The molecule has 0 aliphatic rings. The van der Waals surface area contributed by atoms with E-state index < -0.39 is 22.7 Å². The molecule has 0 radical (unpaired) electrons. The van der Waals surface area contributed by atoms with E-state index >= 15 is 0 Å². The van der Waals surface area contributed by atoms with E-state index in [0.717, 1.165) is 18.6 Å². The predicted octanol–water partition coefficient (Wildman–Crippen LogP) is 3.14. The predicted molar refractivity (Wildman–Crippen MR) is 109 cm³/mol. The standard InChI is InChI=1S/C20H21N3O7/c1-3-4-11-30-20(26)14-7-5-6-8-15(14)21-18(24)19(25)22-16-10-9-13(23(27)28)12-17(16)29-2/h5-10,12H,3-4,11H2,1-2H3,(H,21,24)(H,22,25). The van der Waals surface area contributed by atoms with E-state index in [2.05, 4.69) is 10.6 Å².